The van der Waals surface area contributed by atoms with Gasteiger partial charge in [0.25, 0.3) is 5.91 Å². The zero-order valence-corrected chi connectivity index (χ0v) is 78.2. The fraction of sp³-hybridized carbons (Fsp3) is 0.586. The summed E-state index contributed by atoms with van der Waals surface area (Å²) in [5, 5.41) is 51.9. The first-order valence-electron chi connectivity index (χ1n) is 47.1. The summed E-state index contributed by atoms with van der Waals surface area (Å²) >= 11 is 0. The third-order valence-electron chi connectivity index (χ3n) is 29.3. The number of fused-ring (bicyclic) bond motifs is 7. The number of aromatic nitrogens is 1. The minimum Gasteiger partial charge on any atom is -0.508 e. The maximum absolute atomic E-state index is 15.8. The molecular formula is C99H139N14O15S2+. The Morgan fingerprint density at radius 2 is 1.39 bits per heavy atom. The Morgan fingerprint density at radius 1 is 0.692 bits per heavy atom. The fourth-order valence-electron chi connectivity index (χ4n) is 22.2. The number of amides is 12. The molecule has 706 valence electrons. The van der Waals surface area contributed by atoms with Gasteiger partial charge < -0.3 is 83.7 Å². The van der Waals surface area contributed by atoms with Crippen LogP contribution in [0, 0.1) is 58.2 Å². The van der Waals surface area contributed by atoms with Crippen LogP contribution in [0.25, 0.3) is 10.8 Å². The maximum atomic E-state index is 15.8. The number of nitrogens with zero attached hydrogens (tertiary/aromatic N) is 3. The highest BCUT2D eigenvalue weighted by Crippen LogP contribution is 2.67. The van der Waals surface area contributed by atoms with Gasteiger partial charge in [0.2, 0.25) is 59.1 Å². The quantitative estimate of drug-likeness (QED) is 0.0109. The molecule has 0 bridgehead atoms. The topological polar surface area (TPSA) is 411 Å². The SMILES string of the molecule is CC(C)CCCC(C)C1CCC2C3CC=C4CC(OC(=O)NCCCCC5NC(=O)C(CC6=CNC7C=CC=CC67)NC(=O)C(Cc6ccc(O)cc6)NC(=O)C(NC(=O)C(Cc6ccc7ccccc7c6)NC(=O)C6CCCN6C(=O)C6CCCN6C(=O)c6ccc[n+](C)c6)CSSCC(C(=O)NC(C(N)=O)C(C)O)NC(=O)C(C(C)C)NC5=O)CCC4(C)C3CCC12C.[2HH].[2HH]. The van der Waals surface area contributed by atoms with Crippen LogP contribution in [0.5, 0.6) is 5.75 Å². The van der Waals surface area contributed by atoms with Gasteiger partial charge in [-0.05, 0) is 207 Å². The number of pyridine rings is 1. The number of nitrogens with one attached hydrogen (secondary N) is 10. The van der Waals surface area contributed by atoms with Gasteiger partial charge in [0.1, 0.15) is 84.9 Å². The Kier molecular flexibility index (Phi) is 32.8. The van der Waals surface area contributed by atoms with E-state index in [2.05, 4.69) is 93.9 Å². The number of hydrogen-bond donors (Lipinski definition) is 13. The summed E-state index contributed by atoms with van der Waals surface area (Å²) in [7, 11) is 3.70. The number of phenolic OH excluding ortho intramolecular Hbond substituents is 1. The van der Waals surface area contributed by atoms with Crippen LogP contribution in [0.4, 0.5) is 4.79 Å². The van der Waals surface area contributed by atoms with Crippen molar-refractivity contribution in [1.29, 1.82) is 0 Å². The molecule has 5 aliphatic carbocycles. The van der Waals surface area contributed by atoms with Crippen LogP contribution < -0.4 is 63.5 Å². The number of allylic oxidation sites excluding steroid dienone is 3. The first-order valence-corrected chi connectivity index (χ1v) is 49.6. The van der Waals surface area contributed by atoms with Crippen LogP contribution in [0.15, 0.2) is 139 Å². The first kappa shape index (κ1) is 97.3. The number of rotatable bonds is 28. The number of carbonyl (C=O) groups excluding carboxylic acids is 12. The van der Waals surface area contributed by atoms with E-state index in [0.717, 1.165) is 69.4 Å². The highest BCUT2D eigenvalue weighted by atomic mass is 33.1. The summed E-state index contributed by atoms with van der Waals surface area (Å²) < 4.78 is 7.95. The number of benzene rings is 3. The molecule has 31 heteroatoms. The van der Waals surface area contributed by atoms with E-state index in [1.165, 1.54) is 74.5 Å². The lowest BCUT2D eigenvalue weighted by atomic mass is 9.47. The predicted octanol–water partition coefficient (Wildman–Crippen LogP) is 9.03. The molecule has 21 atom stereocenters. The molecule has 3 aromatic carbocycles. The van der Waals surface area contributed by atoms with Crippen LogP contribution in [0.1, 0.15) is 202 Å². The summed E-state index contributed by atoms with van der Waals surface area (Å²) in [5.74, 6) is -6.30. The highest BCUT2D eigenvalue weighted by molar-refractivity contribution is 8.76. The number of nitrogens with two attached hydrogens (primary N) is 1. The van der Waals surface area contributed by atoms with Gasteiger partial charge in [-0.2, -0.15) is 0 Å². The van der Waals surface area contributed by atoms with E-state index in [-0.39, 0.29) is 101 Å². The van der Waals surface area contributed by atoms with E-state index >= 15 is 33.6 Å². The van der Waals surface area contributed by atoms with Crippen LogP contribution >= 0.6 is 21.6 Å². The van der Waals surface area contributed by atoms with Crippen molar-refractivity contribution in [3.8, 4) is 5.75 Å². The fourth-order valence-corrected chi connectivity index (χ4v) is 24.5. The second-order valence-corrected chi connectivity index (χ2v) is 41.6. The van der Waals surface area contributed by atoms with Crippen LogP contribution in [-0.4, -0.2) is 201 Å². The maximum Gasteiger partial charge on any atom is 0.407 e. The van der Waals surface area contributed by atoms with Gasteiger partial charge in [0.05, 0.1) is 12.1 Å². The second-order valence-electron chi connectivity index (χ2n) is 39.0. The molecule has 130 heavy (non-hydrogen) atoms. The van der Waals surface area contributed by atoms with E-state index in [4.69, 9.17) is 10.5 Å². The van der Waals surface area contributed by atoms with Gasteiger partial charge in [-0.3, -0.25) is 52.7 Å². The Bertz CT molecular complexity index is 4940. The summed E-state index contributed by atoms with van der Waals surface area (Å²) in [6, 6.07) is 8.07. The van der Waals surface area contributed by atoms with Gasteiger partial charge in [0, 0.05) is 65.2 Å². The van der Waals surface area contributed by atoms with E-state index in [1.807, 2.05) is 66.8 Å². The molecule has 14 N–H and O–H groups in total. The molecule has 9 aliphatic rings. The molecule has 29 nitrogen and oxygen atoms in total. The minimum atomic E-state index is -1.65. The molecule has 12 amide bonds. The number of likely N-dealkylation sites (tertiary alicyclic amines) is 2. The van der Waals surface area contributed by atoms with Crippen LogP contribution in [0.3, 0.4) is 0 Å². The highest BCUT2D eigenvalue weighted by Gasteiger charge is 2.60. The number of alkyl carbamates (subject to hydrolysis) is 1. The molecule has 1 aromatic heterocycles. The summed E-state index contributed by atoms with van der Waals surface area (Å²) in [6.07, 6.45) is 26.9. The van der Waals surface area contributed by atoms with Gasteiger partial charge in [-0.1, -0.05) is 180 Å². The van der Waals surface area contributed by atoms with Crippen molar-refractivity contribution < 1.29 is 79.9 Å². The van der Waals surface area contributed by atoms with E-state index in [1.54, 1.807) is 73.2 Å². The van der Waals surface area contributed by atoms with Gasteiger partial charge in [0.15, 0.2) is 12.4 Å². The number of aliphatic hydroxyl groups excluding tert-OH is 1. The van der Waals surface area contributed by atoms with E-state index < -0.39 is 138 Å². The number of primary amides is 1. The third kappa shape index (κ3) is 23.6. The molecule has 21 unspecified atom stereocenters. The van der Waals surface area contributed by atoms with Crippen molar-refractivity contribution in [2.75, 3.05) is 31.1 Å². The predicted molar refractivity (Wildman–Crippen MR) is 503 cm³/mol. The molecule has 0 spiro atoms. The number of phenols is 1. The molecule has 3 saturated heterocycles. The Hall–Kier alpha value is -10.3. The summed E-state index contributed by atoms with van der Waals surface area (Å²) in [5.41, 5.74) is 9.64. The summed E-state index contributed by atoms with van der Waals surface area (Å²) in [4.78, 5) is 182. The number of aromatic hydroxyl groups is 1. The lowest BCUT2D eigenvalue weighted by molar-refractivity contribution is -0.671. The number of aliphatic hydroxyl groups is 1. The lowest BCUT2D eigenvalue weighted by Crippen LogP contribution is -2.62. The van der Waals surface area contributed by atoms with E-state index in [9.17, 15) is 34.2 Å². The number of aryl methyl sites for hydroxylation is 1. The Labute approximate surface area is 774 Å². The zero-order chi connectivity index (χ0) is 92.8. The van der Waals surface area contributed by atoms with Crippen molar-refractivity contribution in [2.45, 2.75) is 269 Å². The van der Waals surface area contributed by atoms with Crippen LogP contribution in [0.2, 0.25) is 0 Å². The molecule has 4 aliphatic heterocycles. The smallest absolute Gasteiger partial charge is 0.407 e. The van der Waals surface area contributed by atoms with E-state index in [0.29, 0.717) is 84.1 Å². The van der Waals surface area contributed by atoms with Crippen molar-refractivity contribution >= 4 is 103 Å². The molecular weight excluding hydrogens is 1690 g/mol. The first-order chi connectivity index (χ1) is 62.2. The zero-order valence-electron chi connectivity index (χ0n) is 76.6. The second kappa shape index (κ2) is 43.8. The molecule has 0 radical (unpaired) electrons. The summed E-state index contributed by atoms with van der Waals surface area (Å²) in [6.45, 7) is 17.4. The number of unbranched alkanes of at least 4 members (excludes halogenated alkanes) is 1. The monoisotopic (exact) mass is 1830 g/mol. The lowest BCUT2D eigenvalue weighted by Gasteiger charge is -2.58. The van der Waals surface area contributed by atoms with Crippen LogP contribution in [-0.2, 0) is 72.6 Å². The third-order valence-corrected chi connectivity index (χ3v) is 31.7. The number of ether oxygens (including phenoxy) is 1. The Balaban J connectivity index is 0.00000840. The van der Waals surface area contributed by atoms with Gasteiger partial charge in [-0.25, -0.2) is 9.36 Å². The van der Waals surface area contributed by atoms with Gasteiger partial charge in [-0.15, -0.1) is 0 Å². The molecule has 3 saturated carbocycles. The van der Waals surface area contributed by atoms with Crippen molar-refractivity contribution in [3.05, 3.63) is 156 Å². The number of carbonyl (C=O) groups is 12. The molecule has 6 fully saturated rings. The minimum absolute atomic E-state index is 0. The van der Waals surface area contributed by atoms with Crippen molar-refractivity contribution in [1.82, 2.24) is 63.0 Å². The van der Waals surface area contributed by atoms with Crippen molar-refractivity contribution in [3.63, 3.8) is 0 Å². The van der Waals surface area contributed by atoms with Gasteiger partial charge >= 0.3 is 6.09 Å². The Morgan fingerprint density at radius 3 is 2.13 bits per heavy atom. The largest absolute Gasteiger partial charge is 0.508 e. The average molecular weight is 1830 g/mol. The standard InChI is InChI=1S/C99H134N14O15S2.2H2/c1-57(2)20-16-21-59(5)72-38-39-73-71-37-34-67-52-69(40-42-98(67,7)74(71)41-43-99(72,73)8)128-97(127)101-44-15-14-27-76-87(117)109-84(58(3)4)94(124)108-81(92(122)110-85(60(6)114)86(100)116)56-130-129-55-80(91(121)104-77(49-61-31-35-68(115)36-32-61)88(118)105-79(90(120)103-76)51-66-53-102-75-26-13-12-25-70(66)75)107-89(119)78(50-62-30-33-63-22-10-11-23-64(63)48-62)106-93(123)82-28-18-46-112(82)96(126)83-29-19-47-113(83)95(125)65-24-17-45-111(9)54-65;;/h10-13,17,22-26,30-36,45,48,53-54,57-60,69-85,102,114H,14-16,18-21,27-29,37-44,46-47,49-52,55-56H2,1-9H3,(H11-,100,101,103,104,105,106,107,108,109,110,115,116,117,118,119,120,121,122,123,124,127);2*1H/p+1/i;2*1+1. The average Bonchev–Trinajstić information content (AvgIpc) is 1.47. The molecule has 4 aromatic rings. The molecule has 13 rings (SSSR count). The van der Waals surface area contributed by atoms with Crippen molar-refractivity contribution in [2.24, 2.45) is 71.0 Å². The normalized spacial score (nSPS) is 29.3. The molecule has 5 heterocycles. The number of hydrogen-bond acceptors (Lipinski definition) is 18.